The Kier molecular flexibility index (Phi) is 8.21. The summed E-state index contributed by atoms with van der Waals surface area (Å²) in [5, 5.41) is 8.18. The van der Waals surface area contributed by atoms with Gasteiger partial charge in [-0.2, -0.15) is 0 Å². The smallest absolute Gasteiger partial charge is 0.293 e. The SMILES string of the molecule is C=CC(=NCc1ccccc1F)c1nnn([C@@H]2CCOC[C@@H]2C)c(=O)c1N.CC. The summed E-state index contributed by atoms with van der Waals surface area (Å²) >= 11 is 0. The van der Waals surface area contributed by atoms with Gasteiger partial charge in [-0.1, -0.05) is 50.8 Å². The predicted octanol–water partition coefficient (Wildman–Crippen LogP) is 3.16. The first-order chi connectivity index (χ1) is 14.0. The quantitative estimate of drug-likeness (QED) is 0.777. The fourth-order valence-corrected chi connectivity index (χ4v) is 3.08. The van der Waals surface area contributed by atoms with E-state index in [1.54, 1.807) is 18.2 Å². The molecule has 0 bridgehead atoms. The number of anilines is 1. The first-order valence-corrected chi connectivity index (χ1v) is 9.76. The number of hydrogen-bond donors (Lipinski definition) is 1. The normalized spacial score (nSPS) is 19.2. The average molecular weight is 401 g/mol. The topological polar surface area (TPSA) is 95.4 Å². The van der Waals surface area contributed by atoms with Crippen LogP contribution in [0.25, 0.3) is 0 Å². The molecule has 8 heteroatoms. The largest absolute Gasteiger partial charge is 0.392 e. The number of allylic oxidation sites excluding steroid dienone is 1. The molecule has 156 valence electrons. The van der Waals surface area contributed by atoms with Gasteiger partial charge < -0.3 is 10.5 Å². The number of benzene rings is 1. The monoisotopic (exact) mass is 401 g/mol. The van der Waals surface area contributed by atoms with E-state index >= 15 is 0 Å². The van der Waals surface area contributed by atoms with E-state index < -0.39 is 5.56 Å². The summed E-state index contributed by atoms with van der Waals surface area (Å²) in [7, 11) is 0. The highest BCUT2D eigenvalue weighted by molar-refractivity contribution is 6.09. The molecule has 1 saturated heterocycles. The molecule has 1 aromatic carbocycles. The van der Waals surface area contributed by atoms with Crippen molar-refractivity contribution in [3.8, 4) is 0 Å². The molecule has 0 spiro atoms. The first-order valence-electron chi connectivity index (χ1n) is 9.76. The van der Waals surface area contributed by atoms with E-state index in [1.807, 2.05) is 20.8 Å². The third-order valence-corrected chi connectivity index (χ3v) is 4.66. The van der Waals surface area contributed by atoms with Gasteiger partial charge in [0.15, 0.2) is 0 Å². The van der Waals surface area contributed by atoms with Crippen LogP contribution in [-0.2, 0) is 11.3 Å². The first kappa shape index (κ1) is 22.4. The number of aliphatic imine (C=N–C) groups is 1. The van der Waals surface area contributed by atoms with Crippen LogP contribution in [0.2, 0.25) is 0 Å². The van der Waals surface area contributed by atoms with Crippen molar-refractivity contribution in [2.45, 2.75) is 39.8 Å². The summed E-state index contributed by atoms with van der Waals surface area (Å²) in [6, 6.07) is 6.23. The molecule has 2 aromatic rings. The second kappa shape index (κ2) is 10.6. The Morgan fingerprint density at radius 3 is 2.83 bits per heavy atom. The summed E-state index contributed by atoms with van der Waals surface area (Å²) in [5.74, 6) is -0.225. The minimum Gasteiger partial charge on any atom is -0.392 e. The van der Waals surface area contributed by atoms with Crippen LogP contribution in [0, 0.1) is 11.7 Å². The Morgan fingerprint density at radius 1 is 1.45 bits per heavy atom. The van der Waals surface area contributed by atoms with Crippen molar-refractivity contribution in [1.29, 1.82) is 0 Å². The fraction of sp³-hybridized carbons (Fsp3) is 0.429. The zero-order valence-corrected chi connectivity index (χ0v) is 17.1. The van der Waals surface area contributed by atoms with E-state index in [0.29, 0.717) is 30.9 Å². The van der Waals surface area contributed by atoms with E-state index in [0.717, 1.165) is 0 Å². The van der Waals surface area contributed by atoms with Crippen molar-refractivity contribution >= 4 is 11.4 Å². The maximum Gasteiger partial charge on any atom is 0.293 e. The van der Waals surface area contributed by atoms with Crippen LogP contribution < -0.4 is 11.3 Å². The number of aromatic nitrogens is 3. The molecule has 0 unspecified atom stereocenters. The van der Waals surface area contributed by atoms with Crippen molar-refractivity contribution < 1.29 is 9.13 Å². The molecule has 3 rings (SSSR count). The highest BCUT2D eigenvalue weighted by Crippen LogP contribution is 2.24. The molecule has 0 saturated carbocycles. The Bertz CT molecular complexity index is 926. The van der Waals surface area contributed by atoms with Crippen LogP contribution >= 0.6 is 0 Å². The lowest BCUT2D eigenvalue weighted by Crippen LogP contribution is -2.38. The number of nitrogens with two attached hydrogens (primary N) is 1. The lowest BCUT2D eigenvalue weighted by molar-refractivity contribution is 0.0226. The number of ether oxygens (including phenoxy) is 1. The van der Waals surface area contributed by atoms with E-state index in [2.05, 4.69) is 21.9 Å². The summed E-state index contributed by atoms with van der Waals surface area (Å²) in [6.07, 6.45) is 2.10. The van der Waals surface area contributed by atoms with E-state index in [4.69, 9.17) is 10.5 Å². The van der Waals surface area contributed by atoms with Gasteiger partial charge in [-0.3, -0.25) is 9.79 Å². The zero-order chi connectivity index (χ0) is 21.4. The maximum atomic E-state index is 13.8. The third kappa shape index (κ3) is 5.14. The van der Waals surface area contributed by atoms with Crippen LogP contribution in [0.4, 0.5) is 10.1 Å². The van der Waals surface area contributed by atoms with Gasteiger partial charge in [-0.05, 0) is 18.6 Å². The molecule has 1 aliphatic heterocycles. The van der Waals surface area contributed by atoms with Gasteiger partial charge in [-0.25, -0.2) is 9.07 Å². The van der Waals surface area contributed by atoms with E-state index in [-0.39, 0.29) is 35.7 Å². The number of halogens is 1. The molecule has 7 nitrogen and oxygen atoms in total. The van der Waals surface area contributed by atoms with Gasteiger partial charge in [0.25, 0.3) is 5.56 Å². The molecule has 2 N–H and O–H groups in total. The summed E-state index contributed by atoms with van der Waals surface area (Å²) in [4.78, 5) is 17.0. The van der Waals surface area contributed by atoms with E-state index in [9.17, 15) is 9.18 Å². The van der Waals surface area contributed by atoms with E-state index in [1.165, 1.54) is 16.8 Å². The molecular formula is C21H28FN5O2. The molecule has 1 aromatic heterocycles. The Hall–Kier alpha value is -2.87. The molecular weight excluding hydrogens is 373 g/mol. The van der Waals surface area contributed by atoms with Crippen molar-refractivity contribution in [2.75, 3.05) is 18.9 Å². The Balaban J connectivity index is 0.00000145. The second-order valence-electron chi connectivity index (χ2n) is 6.51. The van der Waals surface area contributed by atoms with Crippen LogP contribution in [0.15, 0.2) is 46.7 Å². The summed E-state index contributed by atoms with van der Waals surface area (Å²) in [6.45, 7) is 10.9. The number of rotatable bonds is 5. The highest BCUT2D eigenvalue weighted by atomic mass is 19.1. The van der Waals surface area contributed by atoms with Crippen molar-refractivity contribution in [1.82, 2.24) is 15.0 Å². The van der Waals surface area contributed by atoms with Crippen molar-refractivity contribution in [3.05, 3.63) is 64.3 Å². The molecule has 0 amide bonds. The summed E-state index contributed by atoms with van der Waals surface area (Å²) in [5.41, 5.74) is 6.46. The highest BCUT2D eigenvalue weighted by Gasteiger charge is 2.27. The van der Waals surface area contributed by atoms with Gasteiger partial charge in [0.1, 0.15) is 17.2 Å². The van der Waals surface area contributed by atoms with Gasteiger partial charge >= 0.3 is 0 Å². The fourth-order valence-electron chi connectivity index (χ4n) is 3.08. The molecule has 2 atom stereocenters. The van der Waals surface area contributed by atoms with Gasteiger partial charge in [0.05, 0.1) is 24.9 Å². The van der Waals surface area contributed by atoms with Crippen molar-refractivity contribution in [3.63, 3.8) is 0 Å². The molecule has 29 heavy (non-hydrogen) atoms. The average Bonchev–Trinajstić information content (AvgIpc) is 2.75. The van der Waals surface area contributed by atoms with Gasteiger partial charge in [-0.15, -0.1) is 5.10 Å². The molecule has 1 aliphatic rings. The van der Waals surface area contributed by atoms with Gasteiger partial charge in [0, 0.05) is 18.1 Å². The minimum absolute atomic E-state index is 0.0455. The van der Waals surface area contributed by atoms with Crippen molar-refractivity contribution in [2.24, 2.45) is 10.9 Å². The third-order valence-electron chi connectivity index (χ3n) is 4.66. The van der Waals surface area contributed by atoms with Crippen LogP contribution in [-0.4, -0.2) is 33.9 Å². The Morgan fingerprint density at radius 2 is 2.17 bits per heavy atom. The maximum absolute atomic E-state index is 13.8. The van der Waals surface area contributed by atoms with Crippen LogP contribution in [0.3, 0.4) is 0 Å². The molecule has 0 aliphatic carbocycles. The lowest BCUT2D eigenvalue weighted by Gasteiger charge is -2.29. The summed E-state index contributed by atoms with van der Waals surface area (Å²) < 4.78 is 20.5. The van der Waals surface area contributed by atoms with Gasteiger partial charge in [0.2, 0.25) is 0 Å². The second-order valence-corrected chi connectivity index (χ2v) is 6.51. The zero-order valence-electron chi connectivity index (χ0n) is 17.1. The van der Waals surface area contributed by atoms with Crippen LogP contribution in [0.1, 0.15) is 44.5 Å². The standard InChI is InChI=1S/C19H22FN5O2.C2H6/c1-3-15(22-10-13-6-4-5-7-14(13)20)18-17(21)19(26)25(24-23-18)16-8-9-27-11-12(16)2;1-2/h3-7,12,16H,1,8-11,21H2,2H3;1-2H3/t12-,16+;/m0./s1. The number of nitrogen functional groups attached to an aromatic ring is 1. The molecule has 1 fully saturated rings. The van der Waals surface area contributed by atoms with Crippen LogP contribution in [0.5, 0.6) is 0 Å². The lowest BCUT2D eigenvalue weighted by atomic mass is 9.98. The Labute approximate surface area is 170 Å². The predicted molar refractivity (Wildman–Crippen MR) is 113 cm³/mol. The number of nitrogens with zero attached hydrogens (tertiary/aromatic N) is 4. The molecule has 2 heterocycles. The number of hydrogen-bond acceptors (Lipinski definition) is 6. The minimum atomic E-state index is -0.417. The molecule has 0 radical (unpaired) electrons.